The van der Waals surface area contributed by atoms with E-state index in [0.29, 0.717) is 6.54 Å². The zero-order valence-electron chi connectivity index (χ0n) is 6.29. The molecule has 2 N–H and O–H groups in total. The van der Waals surface area contributed by atoms with E-state index in [9.17, 15) is 4.79 Å². The van der Waals surface area contributed by atoms with Gasteiger partial charge >= 0.3 is 0 Å². The second-order valence-corrected chi connectivity index (χ2v) is 2.99. The Morgan fingerprint density at radius 2 is 2.40 bits per heavy atom. The van der Waals surface area contributed by atoms with Gasteiger partial charge in [0.2, 0.25) is 5.91 Å². The Hall–Kier alpha value is -0.570. The quantitative estimate of drug-likeness (QED) is 0.531. The topological polar surface area (TPSA) is 49.3 Å². The second-order valence-electron chi connectivity index (χ2n) is 2.99. The molecule has 0 bridgehead atoms. The maximum Gasteiger partial charge on any atom is 0.226 e. The third-order valence-electron chi connectivity index (χ3n) is 2.03. The molecule has 3 atom stereocenters. The molecule has 3 heteroatoms. The molecule has 0 saturated carbocycles. The van der Waals surface area contributed by atoms with Gasteiger partial charge in [-0.05, 0) is 12.8 Å². The van der Waals surface area contributed by atoms with Crippen LogP contribution in [-0.4, -0.2) is 23.7 Å². The van der Waals surface area contributed by atoms with Crippen molar-refractivity contribution in [2.75, 3.05) is 6.54 Å². The lowest BCUT2D eigenvalue weighted by molar-refractivity contribution is -0.125. The van der Waals surface area contributed by atoms with Crippen LogP contribution in [0.2, 0.25) is 0 Å². The van der Waals surface area contributed by atoms with E-state index >= 15 is 0 Å². The number of hydrogen-bond donors (Lipinski definition) is 2. The molecule has 1 fully saturated rings. The van der Waals surface area contributed by atoms with Gasteiger partial charge < -0.3 is 10.4 Å². The van der Waals surface area contributed by atoms with Crippen molar-refractivity contribution < 1.29 is 9.90 Å². The van der Waals surface area contributed by atoms with Crippen LogP contribution in [0.25, 0.3) is 0 Å². The van der Waals surface area contributed by atoms with Gasteiger partial charge in [-0.25, -0.2) is 0 Å². The van der Waals surface area contributed by atoms with Crippen LogP contribution < -0.4 is 5.32 Å². The van der Waals surface area contributed by atoms with Crippen LogP contribution in [0, 0.1) is 11.8 Å². The summed E-state index contributed by atoms with van der Waals surface area (Å²) in [6.07, 6.45) is -0.516. The van der Waals surface area contributed by atoms with Gasteiger partial charge in [0.05, 0.1) is 12.0 Å². The molecule has 0 aromatic carbocycles. The lowest BCUT2D eigenvalue weighted by atomic mass is 9.93. The van der Waals surface area contributed by atoms with E-state index in [2.05, 4.69) is 5.32 Å². The van der Waals surface area contributed by atoms with E-state index in [1.54, 1.807) is 6.92 Å². The number of nitrogens with one attached hydrogen (secondary N) is 1. The molecular formula is C7H13NO2. The van der Waals surface area contributed by atoms with Gasteiger partial charge in [-0.15, -0.1) is 0 Å². The van der Waals surface area contributed by atoms with Crippen LogP contribution in [0.3, 0.4) is 0 Å². The molecule has 3 nitrogen and oxygen atoms in total. The third-order valence-corrected chi connectivity index (χ3v) is 2.03. The van der Waals surface area contributed by atoms with Crippen molar-refractivity contribution in [1.82, 2.24) is 5.32 Å². The largest absolute Gasteiger partial charge is 0.393 e. The molecule has 0 aromatic heterocycles. The molecule has 0 radical (unpaired) electrons. The predicted molar refractivity (Wildman–Crippen MR) is 37.3 cm³/mol. The Kier molecular flexibility index (Phi) is 1.94. The normalized spacial score (nSPS) is 35.7. The zero-order valence-corrected chi connectivity index (χ0v) is 6.29. The van der Waals surface area contributed by atoms with Crippen LogP contribution in [-0.2, 0) is 4.79 Å². The molecule has 1 heterocycles. The highest BCUT2D eigenvalue weighted by Gasteiger charge is 2.34. The van der Waals surface area contributed by atoms with E-state index in [-0.39, 0.29) is 17.7 Å². The number of amides is 1. The summed E-state index contributed by atoms with van der Waals surface area (Å²) in [7, 11) is 0. The molecule has 0 aromatic rings. The predicted octanol–water partition coefficient (Wildman–Crippen LogP) is -0.251. The molecular weight excluding hydrogens is 130 g/mol. The third kappa shape index (κ3) is 1.14. The minimum absolute atomic E-state index is 0.0116. The lowest BCUT2D eigenvalue weighted by Gasteiger charge is -2.14. The van der Waals surface area contributed by atoms with Crippen LogP contribution in [0.15, 0.2) is 0 Å². The minimum Gasteiger partial charge on any atom is -0.393 e. The lowest BCUT2D eigenvalue weighted by Crippen LogP contribution is -2.28. The van der Waals surface area contributed by atoms with Crippen molar-refractivity contribution >= 4 is 5.91 Å². The number of aliphatic hydroxyl groups is 1. The van der Waals surface area contributed by atoms with Crippen molar-refractivity contribution in [2.45, 2.75) is 20.0 Å². The molecule has 0 spiro atoms. The number of carbonyl (C=O) groups is 1. The van der Waals surface area contributed by atoms with Crippen molar-refractivity contribution in [3.63, 3.8) is 0 Å². The maximum atomic E-state index is 11.0. The molecule has 1 saturated heterocycles. The number of hydrogen-bond acceptors (Lipinski definition) is 2. The van der Waals surface area contributed by atoms with E-state index < -0.39 is 6.10 Å². The van der Waals surface area contributed by atoms with Crippen LogP contribution in [0.4, 0.5) is 0 Å². The summed E-state index contributed by atoms with van der Waals surface area (Å²) >= 11 is 0. The summed E-state index contributed by atoms with van der Waals surface area (Å²) in [5.74, 6) is 0.0648. The average Bonchev–Trinajstić information content (AvgIpc) is 2.11. The van der Waals surface area contributed by atoms with Crippen molar-refractivity contribution in [3.05, 3.63) is 0 Å². The maximum absolute atomic E-state index is 11.0. The molecule has 58 valence electrons. The van der Waals surface area contributed by atoms with Gasteiger partial charge in [0.15, 0.2) is 0 Å². The summed E-state index contributed by atoms with van der Waals surface area (Å²) < 4.78 is 0. The Labute approximate surface area is 60.4 Å². The van der Waals surface area contributed by atoms with Gasteiger partial charge in [-0.1, -0.05) is 6.92 Å². The standard InChI is InChI=1S/C7H13NO2/c1-4-3-8-7(10)6(4)5(2)9/h4-6,9H,3H2,1-2H3,(H,8,10)/t4-,5-,6-/m1/s1. The van der Waals surface area contributed by atoms with Gasteiger partial charge in [-0.2, -0.15) is 0 Å². The highest BCUT2D eigenvalue weighted by Crippen LogP contribution is 2.20. The smallest absolute Gasteiger partial charge is 0.226 e. The first-order chi connectivity index (χ1) is 4.63. The van der Waals surface area contributed by atoms with E-state index in [1.807, 2.05) is 6.92 Å². The Morgan fingerprint density at radius 1 is 1.80 bits per heavy atom. The minimum atomic E-state index is -0.516. The monoisotopic (exact) mass is 143 g/mol. The summed E-state index contributed by atoms with van der Waals surface area (Å²) in [6.45, 7) is 4.33. The summed E-state index contributed by atoms with van der Waals surface area (Å²) in [5, 5.41) is 11.8. The molecule has 0 aliphatic carbocycles. The molecule has 1 amide bonds. The first-order valence-corrected chi connectivity index (χ1v) is 3.58. The molecule has 0 unspecified atom stereocenters. The van der Waals surface area contributed by atoms with Crippen LogP contribution in [0.1, 0.15) is 13.8 Å². The fourth-order valence-corrected chi connectivity index (χ4v) is 1.46. The Morgan fingerprint density at radius 3 is 2.60 bits per heavy atom. The van der Waals surface area contributed by atoms with Gasteiger partial charge in [0, 0.05) is 6.54 Å². The van der Waals surface area contributed by atoms with E-state index in [1.165, 1.54) is 0 Å². The first-order valence-electron chi connectivity index (χ1n) is 3.58. The number of rotatable bonds is 1. The summed E-state index contributed by atoms with van der Waals surface area (Å²) in [4.78, 5) is 11.0. The highest BCUT2D eigenvalue weighted by molar-refractivity contribution is 5.81. The van der Waals surface area contributed by atoms with Crippen molar-refractivity contribution in [3.8, 4) is 0 Å². The first kappa shape index (κ1) is 7.54. The zero-order chi connectivity index (χ0) is 7.72. The van der Waals surface area contributed by atoms with Crippen LogP contribution in [0.5, 0.6) is 0 Å². The summed E-state index contributed by atoms with van der Waals surface area (Å²) in [6, 6.07) is 0. The van der Waals surface area contributed by atoms with E-state index in [4.69, 9.17) is 5.11 Å². The fourth-order valence-electron chi connectivity index (χ4n) is 1.46. The van der Waals surface area contributed by atoms with Gasteiger partial charge in [0.1, 0.15) is 0 Å². The SMILES string of the molecule is C[C@@H]1CNC(=O)[C@H]1[C@@H](C)O. The Bertz CT molecular complexity index is 145. The van der Waals surface area contributed by atoms with Gasteiger partial charge in [-0.3, -0.25) is 4.79 Å². The molecule has 1 aliphatic rings. The van der Waals surface area contributed by atoms with Crippen molar-refractivity contribution in [1.29, 1.82) is 0 Å². The molecule has 10 heavy (non-hydrogen) atoms. The number of carbonyl (C=O) groups excluding carboxylic acids is 1. The Balaban J connectivity index is 2.63. The number of aliphatic hydroxyl groups excluding tert-OH is 1. The highest BCUT2D eigenvalue weighted by atomic mass is 16.3. The van der Waals surface area contributed by atoms with E-state index in [0.717, 1.165) is 0 Å². The van der Waals surface area contributed by atoms with Gasteiger partial charge in [0.25, 0.3) is 0 Å². The average molecular weight is 143 g/mol. The summed E-state index contributed by atoms with van der Waals surface area (Å²) in [5.41, 5.74) is 0. The molecule has 1 aliphatic heterocycles. The fraction of sp³-hybridized carbons (Fsp3) is 0.857. The second kappa shape index (κ2) is 2.58. The van der Waals surface area contributed by atoms with Crippen molar-refractivity contribution in [2.24, 2.45) is 11.8 Å². The molecule has 1 rings (SSSR count). The van der Waals surface area contributed by atoms with Crippen LogP contribution >= 0.6 is 0 Å².